The zero-order valence-corrected chi connectivity index (χ0v) is 9.38. The molecule has 0 spiro atoms. The summed E-state index contributed by atoms with van der Waals surface area (Å²) >= 11 is 3.90. The van der Waals surface area contributed by atoms with Gasteiger partial charge in [-0.15, -0.1) is 0 Å². The van der Waals surface area contributed by atoms with Crippen LogP contribution in [-0.4, -0.2) is 28.8 Å². The molecule has 0 heterocycles. The fraction of sp³-hybridized carbons (Fsp3) is 0.778. The fourth-order valence-corrected chi connectivity index (χ4v) is 1.26. The molecular formula is C9H17NO3S. The summed E-state index contributed by atoms with van der Waals surface area (Å²) in [6.07, 6.45) is 0.707. The molecule has 0 aromatic rings. The summed E-state index contributed by atoms with van der Waals surface area (Å²) in [5.74, 6) is -0.563. The highest BCUT2D eigenvalue weighted by atomic mass is 32.1. The molecule has 0 aliphatic heterocycles. The maximum Gasteiger partial charge on any atom is 0.326 e. The van der Waals surface area contributed by atoms with Crippen molar-refractivity contribution in [3.8, 4) is 0 Å². The number of hydrogen-bond donors (Lipinski definition) is 3. The van der Waals surface area contributed by atoms with E-state index in [9.17, 15) is 9.59 Å². The van der Waals surface area contributed by atoms with Gasteiger partial charge < -0.3 is 10.4 Å². The number of hydrogen-bond acceptors (Lipinski definition) is 3. The minimum Gasteiger partial charge on any atom is -0.480 e. The zero-order chi connectivity index (χ0) is 11.1. The lowest BCUT2D eigenvalue weighted by Crippen LogP contribution is -2.41. The maximum absolute atomic E-state index is 11.1. The van der Waals surface area contributed by atoms with E-state index >= 15 is 0 Å². The van der Waals surface area contributed by atoms with Crippen LogP contribution in [0, 0.1) is 5.92 Å². The molecule has 0 saturated carbocycles. The molecule has 82 valence electrons. The van der Waals surface area contributed by atoms with Crippen molar-refractivity contribution in [2.24, 2.45) is 5.92 Å². The number of carboxylic acids is 1. The molecule has 2 N–H and O–H groups in total. The third kappa shape index (κ3) is 5.85. The van der Waals surface area contributed by atoms with Crippen molar-refractivity contribution in [1.29, 1.82) is 0 Å². The molecule has 0 aromatic carbocycles. The Kier molecular flexibility index (Phi) is 6.36. The molecule has 0 aromatic heterocycles. The first-order chi connectivity index (χ1) is 6.47. The lowest BCUT2D eigenvalue weighted by molar-refractivity contribution is -0.142. The minimum atomic E-state index is -0.980. The second kappa shape index (κ2) is 6.70. The van der Waals surface area contributed by atoms with Crippen molar-refractivity contribution >= 4 is 24.5 Å². The second-order valence-electron chi connectivity index (χ2n) is 3.56. The van der Waals surface area contributed by atoms with E-state index in [0.717, 1.165) is 0 Å². The first kappa shape index (κ1) is 13.3. The van der Waals surface area contributed by atoms with Crippen LogP contribution in [0.2, 0.25) is 0 Å². The van der Waals surface area contributed by atoms with Crippen molar-refractivity contribution in [2.45, 2.75) is 32.7 Å². The zero-order valence-electron chi connectivity index (χ0n) is 8.49. The number of rotatable bonds is 6. The molecule has 5 heteroatoms. The smallest absolute Gasteiger partial charge is 0.326 e. The van der Waals surface area contributed by atoms with Crippen LogP contribution in [0.1, 0.15) is 26.7 Å². The van der Waals surface area contributed by atoms with Crippen molar-refractivity contribution in [1.82, 2.24) is 5.32 Å². The predicted octanol–water partition coefficient (Wildman–Crippen LogP) is 0.922. The van der Waals surface area contributed by atoms with E-state index in [4.69, 9.17) is 5.11 Å². The van der Waals surface area contributed by atoms with Crippen LogP contribution in [-0.2, 0) is 9.59 Å². The highest BCUT2D eigenvalue weighted by molar-refractivity contribution is 7.80. The summed E-state index contributed by atoms with van der Waals surface area (Å²) in [4.78, 5) is 21.9. The third-order valence-electron chi connectivity index (χ3n) is 1.68. The van der Waals surface area contributed by atoms with E-state index in [1.165, 1.54) is 0 Å². The Hall–Kier alpha value is -0.710. The molecule has 4 nitrogen and oxygen atoms in total. The van der Waals surface area contributed by atoms with Gasteiger partial charge in [0.25, 0.3) is 0 Å². The van der Waals surface area contributed by atoms with Gasteiger partial charge in [0.2, 0.25) is 5.91 Å². The van der Waals surface area contributed by atoms with Crippen LogP contribution in [0.5, 0.6) is 0 Å². The Bertz CT molecular complexity index is 206. The van der Waals surface area contributed by atoms with Gasteiger partial charge in [-0.25, -0.2) is 4.79 Å². The monoisotopic (exact) mass is 219 g/mol. The quantitative estimate of drug-likeness (QED) is 0.582. The molecule has 0 aliphatic carbocycles. The first-order valence-electron chi connectivity index (χ1n) is 4.60. The number of carboxylic acid groups (broad SMARTS) is 1. The van der Waals surface area contributed by atoms with E-state index in [1.54, 1.807) is 0 Å². The van der Waals surface area contributed by atoms with Gasteiger partial charge in [0.15, 0.2) is 0 Å². The molecule has 1 amide bonds. The van der Waals surface area contributed by atoms with Crippen LogP contribution in [0.15, 0.2) is 0 Å². The van der Waals surface area contributed by atoms with E-state index in [0.29, 0.717) is 12.2 Å². The van der Waals surface area contributed by atoms with Crippen molar-refractivity contribution in [3.63, 3.8) is 0 Å². The van der Waals surface area contributed by atoms with Crippen LogP contribution in [0.4, 0.5) is 0 Å². The number of thiol groups is 1. The van der Waals surface area contributed by atoms with Crippen molar-refractivity contribution in [2.75, 3.05) is 5.75 Å². The van der Waals surface area contributed by atoms with E-state index < -0.39 is 12.0 Å². The average Bonchev–Trinajstić information content (AvgIpc) is 2.02. The number of carbonyl (C=O) groups is 2. The Labute approximate surface area is 89.5 Å². The Balaban J connectivity index is 4.09. The van der Waals surface area contributed by atoms with Gasteiger partial charge >= 0.3 is 5.97 Å². The summed E-state index contributed by atoms with van der Waals surface area (Å²) in [6, 6.07) is -0.776. The van der Waals surface area contributed by atoms with Gasteiger partial charge in [-0.3, -0.25) is 4.79 Å². The first-order valence-corrected chi connectivity index (χ1v) is 5.23. The largest absolute Gasteiger partial charge is 0.480 e. The lowest BCUT2D eigenvalue weighted by Gasteiger charge is -2.15. The Morgan fingerprint density at radius 2 is 2.00 bits per heavy atom. The fourth-order valence-electron chi connectivity index (χ4n) is 1.06. The third-order valence-corrected chi connectivity index (χ3v) is 1.90. The summed E-state index contributed by atoms with van der Waals surface area (Å²) < 4.78 is 0. The molecule has 0 aliphatic rings. The van der Waals surface area contributed by atoms with Crippen LogP contribution >= 0.6 is 12.6 Å². The van der Waals surface area contributed by atoms with E-state index in [2.05, 4.69) is 17.9 Å². The lowest BCUT2D eigenvalue weighted by atomic mass is 10.0. The minimum absolute atomic E-state index is 0.243. The molecule has 0 rings (SSSR count). The van der Waals surface area contributed by atoms with Gasteiger partial charge in [0.05, 0.1) is 0 Å². The summed E-state index contributed by atoms with van der Waals surface area (Å²) in [6.45, 7) is 3.83. The number of amides is 1. The summed E-state index contributed by atoms with van der Waals surface area (Å²) in [5, 5.41) is 11.3. The topological polar surface area (TPSA) is 66.4 Å². The summed E-state index contributed by atoms with van der Waals surface area (Å²) in [5.41, 5.74) is 0. The normalized spacial score (nSPS) is 12.6. The van der Waals surface area contributed by atoms with Crippen molar-refractivity contribution in [3.05, 3.63) is 0 Å². The number of carbonyl (C=O) groups excluding carboxylic acids is 1. The highest BCUT2D eigenvalue weighted by Gasteiger charge is 2.20. The van der Waals surface area contributed by atoms with E-state index in [-0.39, 0.29) is 18.2 Å². The van der Waals surface area contributed by atoms with Crippen molar-refractivity contribution < 1.29 is 14.7 Å². The Morgan fingerprint density at radius 3 is 2.36 bits per heavy atom. The van der Waals surface area contributed by atoms with Gasteiger partial charge in [-0.1, -0.05) is 13.8 Å². The molecule has 0 radical (unpaired) electrons. The molecule has 0 saturated heterocycles. The van der Waals surface area contributed by atoms with Crippen LogP contribution in [0.25, 0.3) is 0 Å². The van der Waals surface area contributed by atoms with Gasteiger partial charge in [-0.05, 0) is 18.1 Å². The second-order valence-corrected chi connectivity index (χ2v) is 4.01. The van der Waals surface area contributed by atoms with E-state index in [1.807, 2.05) is 13.8 Å². The van der Waals surface area contributed by atoms with Gasteiger partial charge in [0, 0.05) is 6.42 Å². The maximum atomic E-state index is 11.1. The van der Waals surface area contributed by atoms with Gasteiger partial charge in [-0.2, -0.15) is 12.6 Å². The van der Waals surface area contributed by atoms with Crippen LogP contribution in [0.3, 0.4) is 0 Å². The molecule has 14 heavy (non-hydrogen) atoms. The molecule has 0 unspecified atom stereocenters. The average molecular weight is 219 g/mol. The molecule has 0 fully saturated rings. The molecular weight excluding hydrogens is 202 g/mol. The Morgan fingerprint density at radius 1 is 1.43 bits per heavy atom. The summed E-state index contributed by atoms with van der Waals surface area (Å²) in [7, 11) is 0. The molecule has 0 bridgehead atoms. The van der Waals surface area contributed by atoms with Crippen LogP contribution < -0.4 is 5.32 Å². The highest BCUT2D eigenvalue weighted by Crippen LogP contribution is 2.05. The number of aliphatic carboxylic acids is 1. The predicted molar refractivity (Wildman–Crippen MR) is 57.5 cm³/mol. The number of nitrogens with one attached hydrogen (secondary N) is 1. The molecule has 1 atom stereocenters. The van der Waals surface area contributed by atoms with Gasteiger partial charge in [0.1, 0.15) is 6.04 Å². The SMILES string of the molecule is CC(C)C[C@H](NC(=O)CCS)C(=O)O. The standard InChI is InChI=1S/C9H17NO3S/c1-6(2)5-7(9(12)13)10-8(11)3-4-14/h6-7,14H,3-5H2,1-2H3,(H,10,11)(H,12,13)/t7-/m0/s1.